The van der Waals surface area contributed by atoms with Gasteiger partial charge in [0.05, 0.1) is 5.56 Å². The highest BCUT2D eigenvalue weighted by molar-refractivity contribution is 5.91. The Kier molecular flexibility index (Phi) is 6.50. The molecule has 3 rings (SSSR count). The third kappa shape index (κ3) is 5.11. The number of carbonyl (C=O) groups is 1. The van der Waals surface area contributed by atoms with Crippen LogP contribution in [0.15, 0.2) is 40.8 Å². The lowest BCUT2D eigenvalue weighted by molar-refractivity contribution is 0.0907. The molecule has 0 saturated carbocycles. The molecule has 1 saturated heterocycles. The van der Waals surface area contributed by atoms with Crippen LogP contribution in [0.25, 0.3) is 0 Å². The second kappa shape index (κ2) is 9.24. The summed E-state index contributed by atoms with van der Waals surface area (Å²) in [5.74, 6) is 1.09. The third-order valence-corrected chi connectivity index (χ3v) is 4.89. The lowest BCUT2D eigenvalue weighted by atomic mass is 10.0. The van der Waals surface area contributed by atoms with E-state index >= 15 is 0 Å². The zero-order valence-electron chi connectivity index (χ0n) is 15.6. The van der Waals surface area contributed by atoms with E-state index < -0.39 is 0 Å². The van der Waals surface area contributed by atoms with E-state index in [1.54, 1.807) is 36.4 Å². The summed E-state index contributed by atoms with van der Waals surface area (Å²) in [5, 5.41) is 12.0. The van der Waals surface area contributed by atoms with Crippen molar-refractivity contribution in [2.24, 2.45) is 0 Å². The molecule has 1 aliphatic heterocycles. The molecule has 1 atom stereocenters. The van der Waals surface area contributed by atoms with E-state index in [9.17, 15) is 4.79 Å². The molecule has 1 aromatic heterocycles. The topological polar surface area (TPSA) is 78.5 Å². The summed E-state index contributed by atoms with van der Waals surface area (Å²) in [7, 11) is 0. The molecule has 1 unspecified atom stereocenters. The van der Waals surface area contributed by atoms with Crippen molar-refractivity contribution < 1.29 is 13.9 Å². The summed E-state index contributed by atoms with van der Waals surface area (Å²) in [6, 6.07) is 13.0. The second-order valence-electron chi connectivity index (χ2n) is 6.80. The van der Waals surface area contributed by atoms with Crippen molar-refractivity contribution in [3.05, 3.63) is 53.5 Å². The van der Waals surface area contributed by atoms with Crippen LogP contribution in [-0.2, 0) is 6.61 Å². The molecule has 0 spiro atoms. The molecule has 1 aromatic carbocycles. The van der Waals surface area contributed by atoms with Crippen LogP contribution in [-0.4, -0.2) is 36.5 Å². The quantitative estimate of drug-likeness (QED) is 0.812. The van der Waals surface area contributed by atoms with E-state index in [1.165, 1.54) is 19.3 Å². The van der Waals surface area contributed by atoms with E-state index in [0.717, 1.165) is 13.1 Å². The van der Waals surface area contributed by atoms with Gasteiger partial charge in [-0.05, 0) is 50.6 Å². The standard InChI is InChI=1S/C21H25N3O3/c1-16-6-4-5-12-24(16)13-11-23-21(25)20-10-9-18(27-20)15-26-19-8-3-2-7-17(19)14-22/h2-3,7-10,16H,4-6,11-13,15H2,1H3,(H,23,25). The summed E-state index contributed by atoms with van der Waals surface area (Å²) in [6.07, 6.45) is 3.75. The molecule has 1 aliphatic rings. The van der Waals surface area contributed by atoms with E-state index in [4.69, 9.17) is 14.4 Å². The predicted molar refractivity (Wildman–Crippen MR) is 101 cm³/mol. The number of amides is 1. The predicted octanol–water partition coefficient (Wildman–Crippen LogP) is 3.33. The molecule has 6 nitrogen and oxygen atoms in total. The molecule has 0 bridgehead atoms. The van der Waals surface area contributed by atoms with Gasteiger partial charge >= 0.3 is 0 Å². The highest BCUT2D eigenvalue weighted by atomic mass is 16.5. The first-order valence-electron chi connectivity index (χ1n) is 9.40. The molecule has 27 heavy (non-hydrogen) atoms. The molecule has 142 valence electrons. The minimum absolute atomic E-state index is 0.164. The van der Waals surface area contributed by atoms with Gasteiger partial charge in [-0.25, -0.2) is 0 Å². The lowest BCUT2D eigenvalue weighted by Gasteiger charge is -2.33. The first-order valence-corrected chi connectivity index (χ1v) is 9.40. The van der Waals surface area contributed by atoms with Gasteiger partial charge < -0.3 is 14.5 Å². The maximum Gasteiger partial charge on any atom is 0.287 e. The number of hydrogen-bond acceptors (Lipinski definition) is 5. The Morgan fingerprint density at radius 3 is 3.00 bits per heavy atom. The van der Waals surface area contributed by atoms with E-state index in [2.05, 4.69) is 23.2 Å². The Hall–Kier alpha value is -2.78. The van der Waals surface area contributed by atoms with Gasteiger partial charge in [0.1, 0.15) is 24.2 Å². The molecule has 2 heterocycles. The van der Waals surface area contributed by atoms with Gasteiger partial charge in [0, 0.05) is 19.1 Å². The molecule has 1 fully saturated rings. The maximum atomic E-state index is 12.2. The van der Waals surface area contributed by atoms with Crippen LogP contribution in [0.5, 0.6) is 5.75 Å². The highest BCUT2D eigenvalue weighted by Gasteiger charge is 2.18. The Labute approximate surface area is 159 Å². The summed E-state index contributed by atoms with van der Waals surface area (Å²) in [4.78, 5) is 14.7. The molecule has 1 N–H and O–H groups in total. The van der Waals surface area contributed by atoms with Crippen LogP contribution < -0.4 is 10.1 Å². The molecule has 1 amide bonds. The molecular weight excluding hydrogens is 342 g/mol. The van der Waals surface area contributed by atoms with Crippen LogP contribution in [0.2, 0.25) is 0 Å². The fraction of sp³-hybridized carbons (Fsp3) is 0.429. The fourth-order valence-corrected chi connectivity index (χ4v) is 3.30. The van der Waals surface area contributed by atoms with Gasteiger partial charge in [0.2, 0.25) is 0 Å². The average molecular weight is 367 g/mol. The first-order chi connectivity index (χ1) is 13.2. The number of likely N-dealkylation sites (tertiary alicyclic amines) is 1. The smallest absolute Gasteiger partial charge is 0.287 e. The van der Waals surface area contributed by atoms with Crippen LogP contribution in [0.3, 0.4) is 0 Å². The normalized spacial score (nSPS) is 17.3. The van der Waals surface area contributed by atoms with Crippen molar-refractivity contribution in [2.45, 2.75) is 38.8 Å². The monoisotopic (exact) mass is 367 g/mol. The molecular formula is C21H25N3O3. The number of rotatable bonds is 7. The molecule has 0 aliphatic carbocycles. The summed E-state index contributed by atoms with van der Waals surface area (Å²) in [5.41, 5.74) is 0.467. The largest absolute Gasteiger partial charge is 0.484 e. The maximum absolute atomic E-state index is 12.2. The average Bonchev–Trinajstić information content (AvgIpc) is 3.17. The van der Waals surface area contributed by atoms with Crippen molar-refractivity contribution in [3.63, 3.8) is 0 Å². The summed E-state index contributed by atoms with van der Waals surface area (Å²) < 4.78 is 11.2. The van der Waals surface area contributed by atoms with Crippen LogP contribution >= 0.6 is 0 Å². The van der Waals surface area contributed by atoms with Crippen LogP contribution in [0, 0.1) is 11.3 Å². The number of carbonyl (C=O) groups excluding carboxylic acids is 1. The summed E-state index contributed by atoms with van der Waals surface area (Å²) >= 11 is 0. The summed E-state index contributed by atoms with van der Waals surface area (Å²) in [6.45, 7) is 4.96. The van der Waals surface area contributed by atoms with Gasteiger partial charge in [-0.1, -0.05) is 18.6 Å². The van der Waals surface area contributed by atoms with Gasteiger partial charge in [-0.2, -0.15) is 5.26 Å². The second-order valence-corrected chi connectivity index (χ2v) is 6.80. The van der Waals surface area contributed by atoms with Crippen molar-refractivity contribution >= 4 is 5.91 Å². The fourth-order valence-electron chi connectivity index (χ4n) is 3.30. The van der Waals surface area contributed by atoms with Crippen molar-refractivity contribution in [2.75, 3.05) is 19.6 Å². The van der Waals surface area contributed by atoms with E-state index in [-0.39, 0.29) is 18.3 Å². The molecule has 6 heteroatoms. The molecule has 2 aromatic rings. The van der Waals surface area contributed by atoms with E-state index in [0.29, 0.717) is 29.7 Å². The zero-order chi connectivity index (χ0) is 19.1. The Morgan fingerprint density at radius 2 is 2.19 bits per heavy atom. The first kappa shape index (κ1) is 19.0. The van der Waals surface area contributed by atoms with Gasteiger partial charge in [-0.3, -0.25) is 9.69 Å². The van der Waals surface area contributed by atoms with Gasteiger partial charge in [-0.15, -0.1) is 0 Å². The SMILES string of the molecule is CC1CCCCN1CCNC(=O)c1ccc(COc2ccccc2C#N)o1. The van der Waals surface area contributed by atoms with Crippen molar-refractivity contribution in [1.29, 1.82) is 5.26 Å². The Balaban J connectivity index is 1.47. The highest BCUT2D eigenvalue weighted by Crippen LogP contribution is 2.19. The minimum Gasteiger partial charge on any atom is -0.484 e. The van der Waals surface area contributed by atoms with Crippen molar-refractivity contribution in [3.8, 4) is 11.8 Å². The van der Waals surface area contributed by atoms with Gasteiger partial charge in [0.15, 0.2) is 5.76 Å². The number of benzene rings is 1. The number of furan rings is 1. The number of para-hydroxylation sites is 1. The minimum atomic E-state index is -0.219. The van der Waals surface area contributed by atoms with Crippen molar-refractivity contribution in [1.82, 2.24) is 10.2 Å². The van der Waals surface area contributed by atoms with E-state index in [1.807, 2.05) is 0 Å². The number of nitrogens with one attached hydrogen (secondary N) is 1. The number of nitriles is 1. The number of ether oxygens (including phenoxy) is 1. The number of hydrogen-bond donors (Lipinski definition) is 1. The molecule has 0 radical (unpaired) electrons. The third-order valence-electron chi connectivity index (χ3n) is 4.89. The number of piperidine rings is 1. The lowest BCUT2D eigenvalue weighted by Crippen LogP contribution is -2.42. The van der Waals surface area contributed by atoms with Crippen LogP contribution in [0.1, 0.15) is 48.1 Å². The van der Waals surface area contributed by atoms with Gasteiger partial charge in [0.25, 0.3) is 5.91 Å². The Morgan fingerprint density at radius 1 is 1.33 bits per heavy atom. The zero-order valence-corrected chi connectivity index (χ0v) is 15.6. The van der Waals surface area contributed by atoms with Crippen LogP contribution in [0.4, 0.5) is 0 Å². The number of nitrogens with zero attached hydrogens (tertiary/aromatic N) is 2. The Bertz CT molecular complexity index is 809.